The molecule has 106 valence electrons. The van der Waals surface area contributed by atoms with Crippen LogP contribution in [0, 0.1) is 0 Å². The van der Waals surface area contributed by atoms with Gasteiger partial charge in [-0.25, -0.2) is 0 Å². The first kappa shape index (κ1) is 15.4. The molecule has 1 heterocycles. The zero-order valence-electron chi connectivity index (χ0n) is 11.2. The number of ether oxygens (including phenoxy) is 2. The van der Waals surface area contributed by atoms with Crippen molar-refractivity contribution in [3.63, 3.8) is 0 Å². The van der Waals surface area contributed by atoms with Gasteiger partial charge in [-0.3, -0.25) is 4.98 Å². The summed E-state index contributed by atoms with van der Waals surface area (Å²) in [6, 6.07) is 3.55. The second-order valence-corrected chi connectivity index (χ2v) is 4.05. The van der Waals surface area contributed by atoms with Crippen LogP contribution in [0.15, 0.2) is 23.5 Å². The molecule has 0 spiro atoms. The maximum atomic E-state index is 8.57. The van der Waals surface area contributed by atoms with Gasteiger partial charge in [0, 0.05) is 12.8 Å². The normalized spacial score (nSPS) is 11.7. The number of nitrogens with zero attached hydrogens (tertiary/aromatic N) is 2. The third kappa shape index (κ3) is 6.17. The zero-order chi connectivity index (χ0) is 13.9. The van der Waals surface area contributed by atoms with Gasteiger partial charge in [0.2, 0.25) is 0 Å². The Morgan fingerprint density at radius 2 is 2.16 bits per heavy atom. The van der Waals surface area contributed by atoms with Gasteiger partial charge in [0.15, 0.2) is 5.84 Å². The molecule has 0 amide bonds. The number of pyridine rings is 1. The summed E-state index contributed by atoms with van der Waals surface area (Å²) in [5.74, 6) is -0.00949. The summed E-state index contributed by atoms with van der Waals surface area (Å²) in [5.41, 5.74) is 6.82. The minimum atomic E-state index is -0.00949. The Hall–Kier alpha value is -1.66. The molecule has 19 heavy (non-hydrogen) atoms. The number of amidine groups is 1. The van der Waals surface area contributed by atoms with Crippen LogP contribution >= 0.6 is 0 Å². The predicted molar refractivity (Wildman–Crippen MR) is 72.1 cm³/mol. The van der Waals surface area contributed by atoms with Gasteiger partial charge in [0.05, 0.1) is 19.8 Å². The Morgan fingerprint density at radius 3 is 2.89 bits per heavy atom. The first-order valence-corrected chi connectivity index (χ1v) is 6.36. The Morgan fingerprint density at radius 1 is 1.37 bits per heavy atom. The van der Waals surface area contributed by atoms with E-state index in [4.69, 9.17) is 20.4 Å². The molecule has 6 heteroatoms. The van der Waals surface area contributed by atoms with Crippen molar-refractivity contribution in [1.29, 1.82) is 0 Å². The average Bonchev–Trinajstić information content (AvgIpc) is 2.46. The van der Waals surface area contributed by atoms with Crippen LogP contribution < -0.4 is 5.73 Å². The average molecular weight is 267 g/mol. The predicted octanol–water partition coefficient (Wildman–Crippen LogP) is 1.51. The molecule has 1 aromatic heterocycles. The second-order valence-electron chi connectivity index (χ2n) is 4.05. The van der Waals surface area contributed by atoms with E-state index in [9.17, 15) is 0 Å². The lowest BCUT2D eigenvalue weighted by Gasteiger charge is -2.06. The van der Waals surface area contributed by atoms with Crippen molar-refractivity contribution in [1.82, 2.24) is 4.98 Å². The Kier molecular flexibility index (Phi) is 7.53. The van der Waals surface area contributed by atoms with Gasteiger partial charge in [0.1, 0.15) is 5.69 Å². The standard InChI is InChI=1S/C13H21N3O3/c1-2-3-6-18-7-8-19-10-11-4-5-15-12(9-11)13(14)16-17/h4-5,9,17H,2-3,6-8,10H2,1H3,(H2,14,16). The van der Waals surface area contributed by atoms with E-state index in [1.54, 1.807) is 12.3 Å². The van der Waals surface area contributed by atoms with Crippen LogP contribution in [0.1, 0.15) is 31.0 Å². The molecule has 1 rings (SSSR count). The maximum Gasteiger partial charge on any atom is 0.188 e. The molecule has 1 aromatic rings. The monoisotopic (exact) mass is 267 g/mol. The van der Waals surface area contributed by atoms with Gasteiger partial charge in [-0.1, -0.05) is 18.5 Å². The van der Waals surface area contributed by atoms with Crippen LogP contribution in [0.25, 0.3) is 0 Å². The van der Waals surface area contributed by atoms with Gasteiger partial charge >= 0.3 is 0 Å². The van der Waals surface area contributed by atoms with Crippen molar-refractivity contribution >= 4 is 5.84 Å². The summed E-state index contributed by atoms with van der Waals surface area (Å²) < 4.78 is 10.9. The molecule has 0 aromatic carbocycles. The summed E-state index contributed by atoms with van der Waals surface area (Å²) in [6.07, 6.45) is 3.81. The van der Waals surface area contributed by atoms with E-state index in [2.05, 4.69) is 17.1 Å². The molecule has 0 saturated carbocycles. The minimum absolute atomic E-state index is 0.00949. The van der Waals surface area contributed by atoms with Crippen LogP contribution in [0.5, 0.6) is 0 Å². The minimum Gasteiger partial charge on any atom is -0.409 e. The number of oxime groups is 1. The molecule has 0 aliphatic heterocycles. The van der Waals surface area contributed by atoms with Crippen molar-refractivity contribution in [3.8, 4) is 0 Å². The fourth-order valence-electron chi connectivity index (χ4n) is 1.41. The Balaban J connectivity index is 2.26. The van der Waals surface area contributed by atoms with Crippen LogP contribution in [0.4, 0.5) is 0 Å². The molecule has 0 aliphatic carbocycles. The van der Waals surface area contributed by atoms with Gasteiger partial charge < -0.3 is 20.4 Å². The van der Waals surface area contributed by atoms with Gasteiger partial charge in [-0.05, 0) is 24.1 Å². The van der Waals surface area contributed by atoms with E-state index in [1.807, 2.05) is 6.07 Å². The maximum absolute atomic E-state index is 8.57. The topological polar surface area (TPSA) is 90.0 Å². The van der Waals surface area contributed by atoms with Crippen molar-refractivity contribution in [2.24, 2.45) is 10.9 Å². The van der Waals surface area contributed by atoms with E-state index < -0.39 is 0 Å². The molecular weight excluding hydrogens is 246 g/mol. The highest BCUT2D eigenvalue weighted by Gasteiger charge is 2.02. The summed E-state index contributed by atoms with van der Waals surface area (Å²) in [5, 5.41) is 11.5. The number of rotatable bonds is 9. The second kappa shape index (κ2) is 9.29. The van der Waals surface area contributed by atoms with Crippen LogP contribution in [0.3, 0.4) is 0 Å². The van der Waals surface area contributed by atoms with Crippen LogP contribution in [-0.4, -0.2) is 35.8 Å². The summed E-state index contributed by atoms with van der Waals surface area (Å²) >= 11 is 0. The molecule has 0 unspecified atom stereocenters. The Bertz CT molecular complexity index is 396. The number of hydrogen-bond acceptors (Lipinski definition) is 5. The molecule has 0 bridgehead atoms. The molecule has 6 nitrogen and oxygen atoms in total. The zero-order valence-corrected chi connectivity index (χ0v) is 11.2. The summed E-state index contributed by atoms with van der Waals surface area (Å²) in [7, 11) is 0. The molecule has 0 radical (unpaired) electrons. The fraction of sp³-hybridized carbons (Fsp3) is 0.538. The molecule has 3 N–H and O–H groups in total. The van der Waals surface area contributed by atoms with E-state index in [-0.39, 0.29) is 5.84 Å². The number of hydrogen-bond donors (Lipinski definition) is 2. The van der Waals surface area contributed by atoms with E-state index in [1.165, 1.54) is 0 Å². The summed E-state index contributed by atoms with van der Waals surface area (Å²) in [4.78, 5) is 3.99. The highest BCUT2D eigenvalue weighted by molar-refractivity contribution is 5.95. The van der Waals surface area contributed by atoms with Crippen molar-refractivity contribution in [2.75, 3.05) is 19.8 Å². The summed E-state index contributed by atoms with van der Waals surface area (Å²) in [6.45, 7) is 4.50. The van der Waals surface area contributed by atoms with Crippen LogP contribution in [0.2, 0.25) is 0 Å². The lowest BCUT2D eigenvalue weighted by atomic mass is 10.2. The van der Waals surface area contributed by atoms with Crippen molar-refractivity contribution < 1.29 is 14.7 Å². The fourth-order valence-corrected chi connectivity index (χ4v) is 1.41. The van der Waals surface area contributed by atoms with Gasteiger partial charge in [0.25, 0.3) is 0 Å². The van der Waals surface area contributed by atoms with Crippen molar-refractivity contribution in [3.05, 3.63) is 29.6 Å². The SMILES string of the molecule is CCCCOCCOCc1ccnc(C(N)=NO)c1. The van der Waals surface area contributed by atoms with Gasteiger partial charge in [-0.15, -0.1) is 0 Å². The van der Waals surface area contributed by atoms with E-state index >= 15 is 0 Å². The molecular formula is C13H21N3O3. The van der Waals surface area contributed by atoms with Crippen LogP contribution in [-0.2, 0) is 16.1 Å². The van der Waals surface area contributed by atoms with E-state index in [0.717, 1.165) is 25.0 Å². The first-order valence-electron chi connectivity index (χ1n) is 6.36. The third-order valence-electron chi connectivity index (χ3n) is 2.48. The highest BCUT2D eigenvalue weighted by Crippen LogP contribution is 2.03. The van der Waals surface area contributed by atoms with Crippen molar-refractivity contribution in [2.45, 2.75) is 26.4 Å². The molecule has 0 atom stereocenters. The largest absolute Gasteiger partial charge is 0.409 e. The molecule has 0 fully saturated rings. The highest BCUT2D eigenvalue weighted by atomic mass is 16.5. The molecule has 0 aliphatic rings. The van der Waals surface area contributed by atoms with Gasteiger partial charge in [-0.2, -0.15) is 0 Å². The lowest BCUT2D eigenvalue weighted by Crippen LogP contribution is -2.15. The smallest absolute Gasteiger partial charge is 0.188 e. The van der Waals surface area contributed by atoms with E-state index in [0.29, 0.717) is 25.5 Å². The third-order valence-corrected chi connectivity index (χ3v) is 2.48. The first-order chi connectivity index (χ1) is 9.27. The number of unbranched alkanes of at least 4 members (excludes halogenated alkanes) is 1. The number of aromatic nitrogens is 1. The molecule has 0 saturated heterocycles. The Labute approximate surface area is 113 Å². The lowest BCUT2D eigenvalue weighted by molar-refractivity contribution is 0.0396. The number of nitrogens with two attached hydrogens (primary N) is 1. The quantitative estimate of drug-likeness (QED) is 0.233.